The Labute approximate surface area is 64.8 Å². The summed E-state index contributed by atoms with van der Waals surface area (Å²) in [4.78, 5) is 0. The Morgan fingerprint density at radius 3 is 2.91 bits per heavy atom. The Bertz CT molecular complexity index is 250. The van der Waals surface area contributed by atoms with Crippen LogP contribution in [0, 0.1) is 5.82 Å². The maximum Gasteiger partial charge on any atom is 0.165 e. The molecule has 0 spiro atoms. The highest BCUT2D eigenvalue weighted by Gasteiger charge is 2.01. The van der Waals surface area contributed by atoms with Crippen molar-refractivity contribution in [1.29, 1.82) is 0 Å². The average Bonchev–Trinajstić information content (AvgIpc) is 1.98. The summed E-state index contributed by atoms with van der Waals surface area (Å²) in [6.45, 7) is 2.24. The summed E-state index contributed by atoms with van der Waals surface area (Å²) in [6.07, 6.45) is 0. The van der Waals surface area contributed by atoms with Crippen LogP contribution >= 0.6 is 0 Å². The van der Waals surface area contributed by atoms with Crippen LogP contribution in [0.25, 0.3) is 0 Å². The molecular formula is C8H10FNO. The number of hydrogen-bond donors (Lipinski definition) is 1. The summed E-state index contributed by atoms with van der Waals surface area (Å²) in [5, 5.41) is 0. The first kappa shape index (κ1) is 7.85. The minimum absolute atomic E-state index is 0.215. The molecule has 0 saturated carbocycles. The van der Waals surface area contributed by atoms with E-state index < -0.39 is 0 Å². The lowest BCUT2D eigenvalue weighted by Gasteiger charge is -2.03. The third kappa shape index (κ3) is 1.83. The van der Waals surface area contributed by atoms with E-state index in [-0.39, 0.29) is 11.6 Å². The Hall–Kier alpha value is -1.25. The monoisotopic (exact) mass is 155 g/mol. The van der Waals surface area contributed by atoms with Crippen molar-refractivity contribution in [2.24, 2.45) is 0 Å². The molecule has 0 heterocycles. The van der Waals surface area contributed by atoms with Crippen LogP contribution in [-0.4, -0.2) is 6.61 Å². The largest absolute Gasteiger partial charge is 0.491 e. The number of rotatable bonds is 2. The van der Waals surface area contributed by atoms with Crippen molar-refractivity contribution in [3.05, 3.63) is 24.0 Å². The first-order chi connectivity index (χ1) is 5.24. The number of ether oxygens (including phenoxy) is 1. The maximum absolute atomic E-state index is 12.8. The third-order valence-electron chi connectivity index (χ3n) is 1.26. The second-order valence-electron chi connectivity index (χ2n) is 2.12. The zero-order valence-electron chi connectivity index (χ0n) is 6.30. The number of nitrogen functional groups attached to an aromatic ring is 1. The van der Waals surface area contributed by atoms with Crippen molar-refractivity contribution >= 4 is 5.69 Å². The van der Waals surface area contributed by atoms with E-state index in [1.165, 1.54) is 18.2 Å². The van der Waals surface area contributed by atoms with Crippen LogP contribution in [0.1, 0.15) is 6.92 Å². The Morgan fingerprint density at radius 1 is 1.55 bits per heavy atom. The SMILES string of the molecule is CCOc1cc(N)ccc1F. The smallest absolute Gasteiger partial charge is 0.165 e. The molecule has 1 rings (SSSR count). The van der Waals surface area contributed by atoms with E-state index >= 15 is 0 Å². The molecular weight excluding hydrogens is 145 g/mol. The molecule has 0 amide bonds. The van der Waals surface area contributed by atoms with Gasteiger partial charge < -0.3 is 10.5 Å². The van der Waals surface area contributed by atoms with Crippen molar-refractivity contribution in [2.75, 3.05) is 12.3 Å². The van der Waals surface area contributed by atoms with Crippen LogP contribution in [-0.2, 0) is 0 Å². The highest BCUT2D eigenvalue weighted by atomic mass is 19.1. The van der Waals surface area contributed by atoms with Gasteiger partial charge in [0, 0.05) is 11.8 Å². The molecule has 2 N–H and O–H groups in total. The van der Waals surface area contributed by atoms with Crippen molar-refractivity contribution in [1.82, 2.24) is 0 Å². The van der Waals surface area contributed by atoms with E-state index in [1.807, 2.05) is 0 Å². The molecule has 0 bridgehead atoms. The Kier molecular flexibility index (Phi) is 2.31. The fourth-order valence-electron chi connectivity index (χ4n) is 0.786. The maximum atomic E-state index is 12.8. The molecule has 0 aliphatic rings. The van der Waals surface area contributed by atoms with E-state index in [2.05, 4.69) is 0 Å². The normalized spacial score (nSPS) is 9.64. The van der Waals surface area contributed by atoms with Gasteiger partial charge in [0.05, 0.1) is 6.61 Å². The Balaban J connectivity index is 2.93. The quantitative estimate of drug-likeness (QED) is 0.661. The fraction of sp³-hybridized carbons (Fsp3) is 0.250. The molecule has 0 saturated heterocycles. The molecule has 0 radical (unpaired) electrons. The van der Waals surface area contributed by atoms with Gasteiger partial charge in [-0.2, -0.15) is 0 Å². The van der Waals surface area contributed by atoms with Crippen molar-refractivity contribution < 1.29 is 9.13 Å². The molecule has 60 valence electrons. The van der Waals surface area contributed by atoms with E-state index in [1.54, 1.807) is 6.92 Å². The van der Waals surface area contributed by atoms with Gasteiger partial charge in [-0.25, -0.2) is 4.39 Å². The second-order valence-corrected chi connectivity index (χ2v) is 2.12. The predicted molar refractivity (Wildman–Crippen MR) is 42.0 cm³/mol. The van der Waals surface area contributed by atoms with Gasteiger partial charge in [-0.05, 0) is 19.1 Å². The number of hydrogen-bond acceptors (Lipinski definition) is 2. The van der Waals surface area contributed by atoms with Crippen LogP contribution < -0.4 is 10.5 Å². The van der Waals surface area contributed by atoms with Crippen LogP contribution in [0.4, 0.5) is 10.1 Å². The molecule has 0 aromatic heterocycles. The molecule has 1 aromatic rings. The minimum atomic E-state index is -0.374. The molecule has 1 aromatic carbocycles. The molecule has 3 heteroatoms. The molecule has 11 heavy (non-hydrogen) atoms. The van der Waals surface area contributed by atoms with Gasteiger partial charge in [0.15, 0.2) is 11.6 Å². The lowest BCUT2D eigenvalue weighted by atomic mass is 10.3. The highest BCUT2D eigenvalue weighted by molar-refractivity contribution is 5.44. The van der Waals surface area contributed by atoms with Crippen LogP contribution in [0.5, 0.6) is 5.75 Å². The van der Waals surface area contributed by atoms with Crippen molar-refractivity contribution in [3.8, 4) is 5.75 Å². The summed E-state index contributed by atoms with van der Waals surface area (Å²) in [5.74, 6) is -0.159. The van der Waals surface area contributed by atoms with E-state index in [9.17, 15) is 4.39 Å². The molecule has 0 aliphatic carbocycles. The van der Waals surface area contributed by atoms with E-state index in [0.717, 1.165) is 0 Å². The first-order valence-electron chi connectivity index (χ1n) is 3.42. The summed E-state index contributed by atoms with van der Waals surface area (Å²) in [6, 6.07) is 4.26. The highest BCUT2D eigenvalue weighted by Crippen LogP contribution is 2.19. The van der Waals surface area contributed by atoms with E-state index in [0.29, 0.717) is 12.3 Å². The first-order valence-corrected chi connectivity index (χ1v) is 3.42. The van der Waals surface area contributed by atoms with Crippen LogP contribution in [0.2, 0.25) is 0 Å². The van der Waals surface area contributed by atoms with Crippen molar-refractivity contribution in [2.45, 2.75) is 6.92 Å². The molecule has 0 aliphatic heterocycles. The molecule has 2 nitrogen and oxygen atoms in total. The zero-order valence-corrected chi connectivity index (χ0v) is 6.30. The minimum Gasteiger partial charge on any atom is -0.491 e. The number of nitrogens with two attached hydrogens (primary N) is 1. The summed E-state index contributed by atoms with van der Waals surface area (Å²) < 4.78 is 17.7. The fourth-order valence-corrected chi connectivity index (χ4v) is 0.786. The van der Waals surface area contributed by atoms with Crippen LogP contribution in [0.3, 0.4) is 0 Å². The number of halogens is 1. The lowest BCUT2D eigenvalue weighted by molar-refractivity contribution is 0.322. The summed E-state index contributed by atoms with van der Waals surface area (Å²) >= 11 is 0. The standard InChI is InChI=1S/C8H10FNO/c1-2-11-8-5-6(10)3-4-7(8)9/h3-5H,2,10H2,1H3. The topological polar surface area (TPSA) is 35.2 Å². The zero-order chi connectivity index (χ0) is 8.27. The van der Waals surface area contributed by atoms with Gasteiger partial charge in [0.1, 0.15) is 0 Å². The average molecular weight is 155 g/mol. The van der Waals surface area contributed by atoms with Gasteiger partial charge in [-0.3, -0.25) is 0 Å². The van der Waals surface area contributed by atoms with Crippen molar-refractivity contribution in [3.63, 3.8) is 0 Å². The third-order valence-corrected chi connectivity index (χ3v) is 1.26. The van der Waals surface area contributed by atoms with Gasteiger partial charge in [0.2, 0.25) is 0 Å². The summed E-state index contributed by atoms with van der Waals surface area (Å²) in [7, 11) is 0. The summed E-state index contributed by atoms with van der Waals surface area (Å²) in [5.41, 5.74) is 5.92. The van der Waals surface area contributed by atoms with Gasteiger partial charge >= 0.3 is 0 Å². The van der Waals surface area contributed by atoms with Gasteiger partial charge in [-0.1, -0.05) is 0 Å². The lowest BCUT2D eigenvalue weighted by Crippen LogP contribution is -1.95. The predicted octanol–water partition coefficient (Wildman–Crippen LogP) is 1.81. The number of anilines is 1. The van der Waals surface area contributed by atoms with Gasteiger partial charge in [0.25, 0.3) is 0 Å². The van der Waals surface area contributed by atoms with Crippen LogP contribution in [0.15, 0.2) is 18.2 Å². The number of benzene rings is 1. The second kappa shape index (κ2) is 3.23. The molecule has 0 fully saturated rings. The molecule has 0 unspecified atom stereocenters. The van der Waals surface area contributed by atoms with Gasteiger partial charge in [-0.15, -0.1) is 0 Å². The molecule has 0 atom stereocenters. The Morgan fingerprint density at radius 2 is 2.27 bits per heavy atom. The van der Waals surface area contributed by atoms with E-state index in [4.69, 9.17) is 10.5 Å².